The summed E-state index contributed by atoms with van der Waals surface area (Å²) in [6.07, 6.45) is 0. The number of carbonyl (C=O) groups excluding carboxylic acids is 1. The Hall–Kier alpha value is -1.65. The summed E-state index contributed by atoms with van der Waals surface area (Å²) in [5, 5.41) is 4.63. The van der Waals surface area contributed by atoms with Gasteiger partial charge in [0.05, 0.1) is 23.9 Å². The Bertz CT molecular complexity index is 840. The minimum Gasteiger partial charge on any atom is -0.487 e. The number of nitrogens with zero attached hydrogens (tertiary/aromatic N) is 1. The van der Waals surface area contributed by atoms with E-state index in [2.05, 4.69) is 5.32 Å². The highest BCUT2D eigenvalue weighted by atomic mass is 35.5. The summed E-state index contributed by atoms with van der Waals surface area (Å²) in [6, 6.07) is 8.05. The summed E-state index contributed by atoms with van der Waals surface area (Å²) in [5.74, 6) is -0.199. The van der Waals surface area contributed by atoms with E-state index in [1.165, 1.54) is 13.1 Å². The van der Waals surface area contributed by atoms with Gasteiger partial charge in [-0.25, -0.2) is 8.42 Å². The first kappa shape index (κ1) is 20.7. The van der Waals surface area contributed by atoms with E-state index >= 15 is 0 Å². The molecule has 142 valence electrons. The van der Waals surface area contributed by atoms with Crippen LogP contribution in [0.3, 0.4) is 0 Å². The topological polar surface area (TPSA) is 84.9 Å². The van der Waals surface area contributed by atoms with Gasteiger partial charge in [0.25, 0.3) is 10.0 Å². The molecule has 2 rings (SSSR count). The molecule has 1 amide bonds. The summed E-state index contributed by atoms with van der Waals surface area (Å²) < 4.78 is 36.4. The molecule has 2 aromatic rings. The number of hydrogen-bond acceptors (Lipinski definition) is 6. The van der Waals surface area contributed by atoms with Crippen molar-refractivity contribution in [1.29, 1.82) is 0 Å². The largest absolute Gasteiger partial charge is 0.487 e. The first-order chi connectivity index (χ1) is 12.4. The zero-order chi connectivity index (χ0) is 19.2. The molecule has 0 aliphatic carbocycles. The lowest BCUT2D eigenvalue weighted by atomic mass is 10.3. The van der Waals surface area contributed by atoms with Crippen LogP contribution in [0.1, 0.15) is 0 Å². The molecule has 0 spiro atoms. The van der Waals surface area contributed by atoms with Gasteiger partial charge in [-0.3, -0.25) is 4.79 Å². The van der Waals surface area contributed by atoms with Gasteiger partial charge in [-0.1, -0.05) is 23.7 Å². The highest BCUT2D eigenvalue weighted by molar-refractivity contribution is 7.91. The maximum absolute atomic E-state index is 12.4. The van der Waals surface area contributed by atoms with Crippen molar-refractivity contribution in [2.75, 3.05) is 39.2 Å². The first-order valence-electron chi connectivity index (χ1n) is 7.56. The van der Waals surface area contributed by atoms with Crippen LogP contribution in [-0.4, -0.2) is 52.5 Å². The quantitative estimate of drug-likeness (QED) is 0.633. The number of ether oxygens (including phenoxy) is 2. The molecule has 0 unspecified atom stereocenters. The van der Waals surface area contributed by atoms with Crippen molar-refractivity contribution < 1.29 is 22.7 Å². The molecule has 1 aromatic carbocycles. The number of hydrogen-bond donors (Lipinski definition) is 1. The molecular weight excluding hydrogens is 400 g/mol. The van der Waals surface area contributed by atoms with Gasteiger partial charge in [0.1, 0.15) is 10.8 Å². The molecule has 0 radical (unpaired) electrons. The highest BCUT2D eigenvalue weighted by Gasteiger charge is 2.24. The van der Waals surface area contributed by atoms with E-state index in [1.54, 1.807) is 36.8 Å². The lowest BCUT2D eigenvalue weighted by molar-refractivity contribution is -0.116. The smallest absolute Gasteiger partial charge is 0.252 e. The summed E-state index contributed by atoms with van der Waals surface area (Å²) >= 11 is 7.21. The van der Waals surface area contributed by atoms with Crippen molar-refractivity contribution in [3.05, 3.63) is 40.7 Å². The number of halogens is 1. The third-order valence-electron chi connectivity index (χ3n) is 3.30. The molecule has 1 N–H and O–H groups in total. The van der Waals surface area contributed by atoms with E-state index in [0.29, 0.717) is 23.1 Å². The highest BCUT2D eigenvalue weighted by Crippen LogP contribution is 2.33. The van der Waals surface area contributed by atoms with Gasteiger partial charge < -0.3 is 14.8 Å². The zero-order valence-corrected chi connectivity index (χ0v) is 16.7. The maximum atomic E-state index is 12.4. The van der Waals surface area contributed by atoms with Crippen LogP contribution in [0.25, 0.3) is 0 Å². The van der Waals surface area contributed by atoms with Crippen LogP contribution in [0.15, 0.2) is 39.9 Å². The van der Waals surface area contributed by atoms with E-state index in [-0.39, 0.29) is 17.4 Å². The SMILES string of the molecule is COCCOc1c(Cl)cccc1NC(=O)CN(C)S(=O)(=O)c1cccs1. The molecular formula is C16H19ClN2O5S2. The molecule has 0 fully saturated rings. The Labute approximate surface area is 161 Å². The van der Waals surface area contributed by atoms with Crippen molar-refractivity contribution in [1.82, 2.24) is 4.31 Å². The van der Waals surface area contributed by atoms with Gasteiger partial charge in [0.15, 0.2) is 5.75 Å². The molecule has 1 heterocycles. The molecule has 10 heteroatoms. The number of amides is 1. The number of likely N-dealkylation sites (N-methyl/N-ethyl adjacent to an activating group) is 1. The van der Waals surface area contributed by atoms with Crippen molar-refractivity contribution in [2.45, 2.75) is 4.21 Å². The normalized spacial score (nSPS) is 11.5. The summed E-state index contributed by atoms with van der Waals surface area (Å²) in [7, 11) is -0.808. The predicted octanol–water partition coefficient (Wildman–Crippen LogP) is 2.69. The number of methoxy groups -OCH3 is 1. The fraction of sp³-hybridized carbons (Fsp3) is 0.312. The Balaban J connectivity index is 2.07. The molecule has 0 aliphatic heterocycles. The Morgan fingerprint density at radius 2 is 2.04 bits per heavy atom. The molecule has 0 saturated carbocycles. The fourth-order valence-electron chi connectivity index (χ4n) is 2.02. The standard InChI is InChI=1S/C16H19ClN2O5S2/c1-19(26(21,22)15-7-4-10-25-15)11-14(20)18-13-6-3-5-12(17)16(13)24-9-8-23-2/h3-7,10H,8-9,11H2,1-2H3,(H,18,20). The van der Waals surface area contributed by atoms with Crippen LogP contribution in [0.4, 0.5) is 5.69 Å². The molecule has 0 atom stereocenters. The lowest BCUT2D eigenvalue weighted by Crippen LogP contribution is -2.34. The Morgan fingerprint density at radius 3 is 2.69 bits per heavy atom. The van der Waals surface area contributed by atoms with Crippen LogP contribution in [-0.2, 0) is 19.6 Å². The Morgan fingerprint density at radius 1 is 1.27 bits per heavy atom. The number of anilines is 1. The maximum Gasteiger partial charge on any atom is 0.252 e. The third-order valence-corrected chi connectivity index (χ3v) is 6.77. The van der Waals surface area contributed by atoms with Crippen LogP contribution < -0.4 is 10.1 Å². The summed E-state index contributed by atoms with van der Waals surface area (Å²) in [4.78, 5) is 12.3. The van der Waals surface area contributed by atoms with Crippen LogP contribution in [0.5, 0.6) is 5.75 Å². The van der Waals surface area contributed by atoms with Crippen molar-refractivity contribution in [3.8, 4) is 5.75 Å². The average molecular weight is 419 g/mol. The Kier molecular flexibility index (Phi) is 7.42. The second kappa shape index (κ2) is 9.33. The van der Waals surface area contributed by atoms with E-state index in [9.17, 15) is 13.2 Å². The minimum absolute atomic E-state index is 0.180. The fourth-order valence-corrected chi connectivity index (χ4v) is 4.58. The first-order valence-corrected chi connectivity index (χ1v) is 10.3. The van der Waals surface area contributed by atoms with Gasteiger partial charge in [-0.2, -0.15) is 4.31 Å². The predicted molar refractivity (Wildman–Crippen MR) is 102 cm³/mol. The minimum atomic E-state index is -3.70. The van der Waals surface area contributed by atoms with Crippen LogP contribution >= 0.6 is 22.9 Å². The molecule has 0 aliphatic rings. The molecule has 7 nitrogen and oxygen atoms in total. The monoisotopic (exact) mass is 418 g/mol. The second-order valence-corrected chi connectivity index (χ2v) is 8.83. The zero-order valence-electron chi connectivity index (χ0n) is 14.3. The van der Waals surface area contributed by atoms with Crippen molar-refractivity contribution >= 4 is 44.6 Å². The molecule has 0 saturated heterocycles. The van der Waals surface area contributed by atoms with Gasteiger partial charge >= 0.3 is 0 Å². The van der Waals surface area contributed by atoms with Crippen molar-refractivity contribution in [3.63, 3.8) is 0 Å². The number of carbonyl (C=O) groups is 1. The number of nitrogens with one attached hydrogen (secondary N) is 1. The number of para-hydroxylation sites is 1. The van der Waals surface area contributed by atoms with Gasteiger partial charge in [0.2, 0.25) is 5.91 Å². The molecule has 0 bridgehead atoms. The van der Waals surface area contributed by atoms with Crippen LogP contribution in [0.2, 0.25) is 5.02 Å². The van der Waals surface area contributed by atoms with Gasteiger partial charge in [-0.15, -0.1) is 11.3 Å². The van der Waals surface area contributed by atoms with Crippen molar-refractivity contribution in [2.24, 2.45) is 0 Å². The number of sulfonamides is 1. The van der Waals surface area contributed by atoms with E-state index < -0.39 is 15.9 Å². The third kappa shape index (κ3) is 5.18. The van der Waals surface area contributed by atoms with E-state index in [1.807, 2.05) is 0 Å². The van der Waals surface area contributed by atoms with Gasteiger partial charge in [0, 0.05) is 14.2 Å². The lowest BCUT2D eigenvalue weighted by Gasteiger charge is -2.17. The second-order valence-electron chi connectivity index (χ2n) is 5.20. The molecule has 26 heavy (non-hydrogen) atoms. The summed E-state index contributed by atoms with van der Waals surface area (Å²) in [5.41, 5.74) is 0.362. The number of thiophene rings is 1. The van der Waals surface area contributed by atoms with Gasteiger partial charge in [-0.05, 0) is 23.6 Å². The number of benzene rings is 1. The van der Waals surface area contributed by atoms with E-state index in [0.717, 1.165) is 15.6 Å². The molecule has 1 aromatic heterocycles. The van der Waals surface area contributed by atoms with E-state index in [4.69, 9.17) is 21.1 Å². The average Bonchev–Trinajstić information content (AvgIpc) is 3.12. The number of rotatable bonds is 9. The van der Waals surface area contributed by atoms with Crippen LogP contribution in [0, 0.1) is 0 Å². The summed E-state index contributed by atoms with van der Waals surface area (Å²) in [6.45, 7) is 0.278.